The van der Waals surface area contributed by atoms with Crippen LogP contribution >= 0.6 is 11.3 Å². The molecule has 0 saturated carbocycles. The molecule has 0 N–H and O–H groups in total. The summed E-state index contributed by atoms with van der Waals surface area (Å²) >= 11 is 1.87. The van der Waals surface area contributed by atoms with Crippen molar-refractivity contribution < 1.29 is 0 Å². The van der Waals surface area contributed by atoms with Gasteiger partial charge in [-0.15, -0.1) is 11.3 Å². The second kappa shape index (κ2) is 13.9. The van der Waals surface area contributed by atoms with Crippen molar-refractivity contribution in [3.05, 3.63) is 258 Å². The van der Waals surface area contributed by atoms with E-state index in [9.17, 15) is 0 Å². The first-order chi connectivity index (χ1) is 32.5. The van der Waals surface area contributed by atoms with E-state index in [0.717, 1.165) is 17.1 Å². The van der Waals surface area contributed by atoms with Gasteiger partial charge in [0.15, 0.2) is 0 Å². The molecule has 0 fully saturated rings. The molecule has 0 radical (unpaired) electrons. The van der Waals surface area contributed by atoms with Crippen molar-refractivity contribution in [2.75, 3.05) is 4.90 Å². The fourth-order valence-corrected chi connectivity index (χ4v) is 13.3. The van der Waals surface area contributed by atoms with Crippen LogP contribution in [0.25, 0.3) is 75.8 Å². The number of benzene rings is 10. The van der Waals surface area contributed by atoms with Crippen LogP contribution in [-0.2, 0) is 10.8 Å². The summed E-state index contributed by atoms with van der Waals surface area (Å²) in [7, 11) is 0. The van der Waals surface area contributed by atoms with E-state index in [2.05, 4.69) is 243 Å². The summed E-state index contributed by atoms with van der Waals surface area (Å²) in [5, 5.41) is 2.56. The number of hydrogen-bond acceptors (Lipinski definition) is 2. The number of fused-ring (bicyclic) bond motifs is 16. The van der Waals surface area contributed by atoms with E-state index in [1.165, 1.54) is 109 Å². The Bertz CT molecular complexity index is 3770. The summed E-state index contributed by atoms with van der Waals surface area (Å²) in [5.41, 5.74) is 23.8. The fraction of sp³-hybridized carbons (Fsp3) is 0.0625. The van der Waals surface area contributed by atoms with Gasteiger partial charge in [0.05, 0.1) is 11.1 Å². The molecule has 3 aliphatic rings. The molecule has 2 heteroatoms. The third-order valence-corrected chi connectivity index (χ3v) is 16.3. The van der Waals surface area contributed by atoms with E-state index in [4.69, 9.17) is 0 Å². The molecule has 1 heterocycles. The molecule has 0 bridgehead atoms. The maximum atomic E-state index is 2.54. The largest absolute Gasteiger partial charge is 0.310 e. The quantitative estimate of drug-likeness (QED) is 0.167. The van der Waals surface area contributed by atoms with Gasteiger partial charge in [0, 0.05) is 42.5 Å². The van der Waals surface area contributed by atoms with Crippen LogP contribution in [0.4, 0.5) is 17.1 Å². The maximum absolute atomic E-state index is 2.54. The van der Waals surface area contributed by atoms with Gasteiger partial charge in [-0.2, -0.15) is 0 Å². The van der Waals surface area contributed by atoms with E-state index in [1.54, 1.807) is 0 Å². The average Bonchev–Trinajstić information content (AvgIpc) is 4.06. The van der Waals surface area contributed by atoms with E-state index in [-0.39, 0.29) is 5.41 Å². The lowest BCUT2D eigenvalue weighted by atomic mass is 9.70. The zero-order valence-electron chi connectivity index (χ0n) is 36.7. The first kappa shape index (κ1) is 37.6. The predicted octanol–water partition coefficient (Wildman–Crippen LogP) is 17.5. The molecule has 14 rings (SSSR count). The lowest BCUT2D eigenvalue weighted by Gasteiger charge is -2.31. The fourth-order valence-electron chi connectivity index (χ4n) is 12.2. The highest BCUT2D eigenvalue weighted by Crippen LogP contribution is 2.64. The zero-order valence-corrected chi connectivity index (χ0v) is 37.5. The SMILES string of the molecule is CC1(C)c2ccccc2-c2ccc(N(c3ccc4sc5ccc(-c6ccccc6)cc5c4c3)c3ccccc3-c3cccc4c3-c3ccccc3C43c4ccccc4-c4ccccc43)cc21. The third kappa shape index (κ3) is 5.05. The summed E-state index contributed by atoms with van der Waals surface area (Å²) in [6.07, 6.45) is 0. The third-order valence-electron chi connectivity index (χ3n) is 15.1. The van der Waals surface area contributed by atoms with Crippen LogP contribution in [0.2, 0.25) is 0 Å². The van der Waals surface area contributed by atoms with Gasteiger partial charge in [-0.3, -0.25) is 0 Å². The van der Waals surface area contributed by atoms with E-state index < -0.39 is 5.41 Å². The van der Waals surface area contributed by atoms with Crippen molar-refractivity contribution in [3.63, 3.8) is 0 Å². The molecule has 0 unspecified atom stereocenters. The summed E-state index contributed by atoms with van der Waals surface area (Å²) < 4.78 is 2.59. The standard InChI is InChI=1S/C64H43NS/c1-63(2)53-25-11-6-19-44(53)47-34-32-43(39-58(47)63)65(42-33-36-61-52(38-42)51-37-41(31-35-60(51)66-61)40-17-4-3-5-18-40)59-30-15-10-22-48(59)49-24-16-29-57-62(49)50-23-9-14-28-56(50)64(57)54-26-12-7-20-45(54)46-21-8-13-27-55(46)64/h3-39H,1-2H3. The molecule has 0 atom stereocenters. The van der Waals surface area contributed by atoms with Crippen LogP contribution < -0.4 is 4.90 Å². The molecule has 10 aromatic carbocycles. The Morgan fingerprint density at radius 2 is 0.833 bits per heavy atom. The highest BCUT2D eigenvalue weighted by molar-refractivity contribution is 7.25. The normalized spacial score (nSPS) is 14.2. The smallest absolute Gasteiger partial charge is 0.0725 e. The summed E-state index contributed by atoms with van der Waals surface area (Å²) in [6.45, 7) is 4.76. The Labute approximate surface area is 389 Å². The van der Waals surface area contributed by atoms with Crippen LogP contribution in [0.5, 0.6) is 0 Å². The minimum Gasteiger partial charge on any atom is -0.310 e. The van der Waals surface area contributed by atoms with Crippen molar-refractivity contribution in [3.8, 4) is 55.6 Å². The molecule has 3 aliphatic carbocycles. The van der Waals surface area contributed by atoms with Crippen molar-refractivity contribution in [2.45, 2.75) is 24.7 Å². The first-order valence-electron chi connectivity index (χ1n) is 23.1. The number of rotatable bonds is 5. The first-order valence-corrected chi connectivity index (χ1v) is 23.9. The van der Waals surface area contributed by atoms with Crippen LogP contribution in [0.1, 0.15) is 47.2 Å². The maximum Gasteiger partial charge on any atom is 0.0725 e. The lowest BCUT2D eigenvalue weighted by Crippen LogP contribution is -2.25. The van der Waals surface area contributed by atoms with Gasteiger partial charge in [0.25, 0.3) is 0 Å². The second-order valence-electron chi connectivity index (χ2n) is 18.7. The van der Waals surface area contributed by atoms with E-state index >= 15 is 0 Å². The van der Waals surface area contributed by atoms with Gasteiger partial charge in [-0.05, 0) is 132 Å². The van der Waals surface area contributed by atoms with Crippen molar-refractivity contribution in [2.24, 2.45) is 0 Å². The topological polar surface area (TPSA) is 3.24 Å². The van der Waals surface area contributed by atoms with Gasteiger partial charge in [0.2, 0.25) is 0 Å². The number of anilines is 3. The van der Waals surface area contributed by atoms with Gasteiger partial charge in [0.1, 0.15) is 0 Å². The number of thiophene rings is 1. The monoisotopic (exact) mass is 857 g/mol. The molecule has 1 spiro atoms. The van der Waals surface area contributed by atoms with Gasteiger partial charge in [-0.25, -0.2) is 0 Å². The van der Waals surface area contributed by atoms with Crippen molar-refractivity contribution >= 4 is 48.6 Å². The number of nitrogens with zero attached hydrogens (tertiary/aromatic N) is 1. The van der Waals surface area contributed by atoms with Crippen molar-refractivity contribution in [1.29, 1.82) is 0 Å². The average molecular weight is 858 g/mol. The Hall–Kier alpha value is -7.78. The van der Waals surface area contributed by atoms with Crippen LogP contribution in [0.15, 0.2) is 224 Å². The molecule has 66 heavy (non-hydrogen) atoms. The predicted molar refractivity (Wildman–Crippen MR) is 279 cm³/mol. The van der Waals surface area contributed by atoms with Gasteiger partial charge in [-0.1, -0.05) is 190 Å². The summed E-state index contributed by atoms with van der Waals surface area (Å²) in [4.78, 5) is 2.54. The molecule has 0 saturated heterocycles. The van der Waals surface area contributed by atoms with Crippen LogP contribution in [0, 0.1) is 0 Å². The lowest BCUT2D eigenvalue weighted by molar-refractivity contribution is 0.660. The Morgan fingerprint density at radius 3 is 1.56 bits per heavy atom. The van der Waals surface area contributed by atoms with Crippen LogP contribution in [-0.4, -0.2) is 0 Å². The van der Waals surface area contributed by atoms with Gasteiger partial charge >= 0.3 is 0 Å². The molecule has 310 valence electrons. The van der Waals surface area contributed by atoms with E-state index in [0.29, 0.717) is 0 Å². The Kier molecular flexibility index (Phi) is 7.89. The van der Waals surface area contributed by atoms with Crippen LogP contribution in [0.3, 0.4) is 0 Å². The molecule has 11 aromatic rings. The second-order valence-corrected chi connectivity index (χ2v) is 19.8. The summed E-state index contributed by atoms with van der Waals surface area (Å²) in [6, 6.07) is 84.5. The van der Waals surface area contributed by atoms with Gasteiger partial charge < -0.3 is 4.90 Å². The Balaban J connectivity index is 1.02. The Morgan fingerprint density at radius 1 is 0.333 bits per heavy atom. The minimum absolute atomic E-state index is 0.152. The summed E-state index contributed by atoms with van der Waals surface area (Å²) in [5.74, 6) is 0. The number of hydrogen-bond donors (Lipinski definition) is 0. The van der Waals surface area contributed by atoms with Crippen molar-refractivity contribution in [1.82, 2.24) is 0 Å². The molecule has 0 amide bonds. The zero-order chi connectivity index (χ0) is 43.7. The molecule has 1 aromatic heterocycles. The molecular formula is C64H43NS. The minimum atomic E-state index is -0.423. The highest BCUT2D eigenvalue weighted by atomic mass is 32.1. The highest BCUT2D eigenvalue weighted by Gasteiger charge is 2.52. The molecular weight excluding hydrogens is 815 g/mol. The van der Waals surface area contributed by atoms with E-state index in [1.807, 2.05) is 11.3 Å². The number of para-hydroxylation sites is 1. The molecule has 1 nitrogen and oxygen atoms in total. The molecule has 0 aliphatic heterocycles.